The number of aromatic amines is 1. The molecule has 4 aromatic rings. The van der Waals surface area contributed by atoms with E-state index in [0.717, 1.165) is 51.4 Å². The molecule has 1 aromatic carbocycles. The van der Waals surface area contributed by atoms with Gasteiger partial charge in [-0.05, 0) is 31.0 Å². The van der Waals surface area contributed by atoms with Gasteiger partial charge in [0.15, 0.2) is 0 Å². The summed E-state index contributed by atoms with van der Waals surface area (Å²) in [6.45, 7) is 0. The summed E-state index contributed by atoms with van der Waals surface area (Å²) in [6, 6.07) is 10.5. The minimum atomic E-state index is 0.0598. The first-order valence-electron chi connectivity index (χ1n) is 10.2. The van der Waals surface area contributed by atoms with E-state index in [0.29, 0.717) is 11.8 Å². The molecule has 7 heteroatoms. The lowest BCUT2D eigenvalue weighted by Crippen LogP contribution is -2.36. The largest absolute Gasteiger partial charge is 0.495 e. The van der Waals surface area contributed by atoms with Crippen LogP contribution in [0.3, 0.4) is 0 Å². The van der Waals surface area contributed by atoms with Crippen molar-refractivity contribution in [2.75, 3.05) is 7.11 Å². The monoisotopic (exact) mass is 415 g/mol. The van der Waals surface area contributed by atoms with E-state index in [1.807, 2.05) is 18.3 Å². The van der Waals surface area contributed by atoms with E-state index in [-0.39, 0.29) is 6.04 Å². The Hall–Kier alpha value is -3.19. The lowest BCUT2D eigenvalue weighted by atomic mass is 9.99. The van der Waals surface area contributed by atoms with Gasteiger partial charge in [-0.25, -0.2) is 9.97 Å². The predicted octanol–water partition coefficient (Wildman–Crippen LogP) is 4.78. The average Bonchev–Trinajstić information content (AvgIpc) is 3.32. The summed E-state index contributed by atoms with van der Waals surface area (Å²) in [7, 11) is 1.69. The van der Waals surface area contributed by atoms with Crippen LogP contribution in [0.1, 0.15) is 46.8 Å². The molecule has 3 N–H and O–H groups in total. The van der Waals surface area contributed by atoms with Crippen LogP contribution in [0.15, 0.2) is 41.9 Å². The van der Waals surface area contributed by atoms with Gasteiger partial charge < -0.3 is 15.0 Å². The maximum absolute atomic E-state index is 8.43. The number of hydrogen-bond donors (Lipinski definition) is 3. The fraction of sp³-hybridized carbons (Fsp3) is 0.261. The lowest BCUT2D eigenvalue weighted by Gasteiger charge is -2.26. The molecule has 150 valence electrons. The molecular weight excluding hydrogens is 394 g/mol. The summed E-state index contributed by atoms with van der Waals surface area (Å²) >= 11 is 1.72. The van der Waals surface area contributed by atoms with Crippen molar-refractivity contribution in [2.24, 2.45) is 0 Å². The molecule has 6 rings (SSSR count). The van der Waals surface area contributed by atoms with Gasteiger partial charge in [-0.15, -0.1) is 11.3 Å². The van der Waals surface area contributed by atoms with E-state index < -0.39 is 0 Å². The highest BCUT2D eigenvalue weighted by molar-refractivity contribution is 7.10. The van der Waals surface area contributed by atoms with Crippen LogP contribution in [0.5, 0.6) is 5.75 Å². The SMILES string of the molecule is COc1cccc2cc(-c3csc([C@@H]4Cc5nc(C6CC6)ncc5C(=N)N4)c3)[nH]c12. The smallest absolute Gasteiger partial charge is 0.142 e. The molecule has 0 unspecified atom stereocenters. The number of H-pyrrole nitrogens is 1. The number of fused-ring (bicyclic) bond motifs is 2. The van der Waals surface area contributed by atoms with Crippen LogP contribution in [0.4, 0.5) is 0 Å². The zero-order valence-electron chi connectivity index (χ0n) is 16.5. The number of amidine groups is 1. The fourth-order valence-electron chi connectivity index (χ4n) is 4.13. The summed E-state index contributed by atoms with van der Waals surface area (Å²) in [5, 5.41) is 15.1. The first-order valence-corrected chi connectivity index (χ1v) is 11.0. The number of nitrogens with zero attached hydrogens (tertiary/aromatic N) is 2. The maximum Gasteiger partial charge on any atom is 0.142 e. The summed E-state index contributed by atoms with van der Waals surface area (Å²) in [5.74, 6) is 2.72. The van der Waals surface area contributed by atoms with Gasteiger partial charge >= 0.3 is 0 Å². The Kier molecular flexibility index (Phi) is 3.92. The molecule has 4 heterocycles. The molecule has 1 aliphatic heterocycles. The second-order valence-corrected chi connectivity index (χ2v) is 8.93. The van der Waals surface area contributed by atoms with E-state index >= 15 is 0 Å². The highest BCUT2D eigenvalue weighted by atomic mass is 32.1. The second-order valence-electron chi connectivity index (χ2n) is 7.98. The number of methoxy groups -OCH3 is 1. The third-order valence-corrected chi connectivity index (χ3v) is 6.97. The summed E-state index contributed by atoms with van der Waals surface area (Å²) in [5.41, 5.74) is 5.05. The van der Waals surface area contributed by atoms with E-state index in [9.17, 15) is 0 Å². The Balaban J connectivity index is 1.31. The standard InChI is InChI=1S/C23H21N5OS/c1-29-19-4-2-3-13-7-16(26-21(13)19)14-8-20(30-11-14)18-9-17-15(22(24)27-18)10-25-23(28-17)12-5-6-12/h2-4,7-8,10-12,18,26H,5-6,9H2,1H3,(H2,24,27)/t18-/m0/s1. The molecule has 0 amide bonds. The van der Waals surface area contributed by atoms with Crippen molar-refractivity contribution in [3.63, 3.8) is 0 Å². The molecule has 1 aliphatic carbocycles. The molecule has 1 atom stereocenters. The van der Waals surface area contributed by atoms with Crippen molar-refractivity contribution in [3.8, 4) is 17.0 Å². The van der Waals surface area contributed by atoms with Crippen molar-refractivity contribution in [1.29, 1.82) is 5.41 Å². The molecule has 1 saturated carbocycles. The molecule has 0 bridgehead atoms. The zero-order chi connectivity index (χ0) is 20.2. The van der Waals surface area contributed by atoms with Crippen molar-refractivity contribution >= 4 is 28.1 Å². The molecule has 30 heavy (non-hydrogen) atoms. The van der Waals surface area contributed by atoms with Gasteiger partial charge in [-0.2, -0.15) is 0 Å². The topological polar surface area (TPSA) is 86.7 Å². The van der Waals surface area contributed by atoms with Crippen LogP contribution in [-0.2, 0) is 6.42 Å². The molecule has 1 fully saturated rings. The van der Waals surface area contributed by atoms with Crippen LogP contribution in [-0.4, -0.2) is 27.9 Å². The number of para-hydroxylation sites is 1. The number of hydrogen-bond acceptors (Lipinski definition) is 5. The third-order valence-electron chi connectivity index (χ3n) is 5.93. The summed E-state index contributed by atoms with van der Waals surface area (Å²) in [6.07, 6.45) is 4.96. The van der Waals surface area contributed by atoms with Gasteiger partial charge in [0.05, 0.1) is 29.9 Å². The second kappa shape index (κ2) is 6.67. The minimum Gasteiger partial charge on any atom is -0.495 e. The number of nitrogens with one attached hydrogen (secondary N) is 3. The fourth-order valence-corrected chi connectivity index (χ4v) is 5.09. The quantitative estimate of drug-likeness (QED) is 0.447. The summed E-state index contributed by atoms with van der Waals surface area (Å²) < 4.78 is 5.48. The van der Waals surface area contributed by atoms with E-state index in [4.69, 9.17) is 15.1 Å². The van der Waals surface area contributed by atoms with Gasteiger partial charge in [-0.1, -0.05) is 12.1 Å². The van der Waals surface area contributed by atoms with Gasteiger partial charge in [0, 0.05) is 45.4 Å². The van der Waals surface area contributed by atoms with Crippen molar-refractivity contribution in [2.45, 2.75) is 31.2 Å². The number of benzene rings is 1. The van der Waals surface area contributed by atoms with Gasteiger partial charge in [0.2, 0.25) is 0 Å². The normalized spacial score (nSPS) is 18.3. The number of rotatable bonds is 4. The van der Waals surface area contributed by atoms with Crippen LogP contribution in [0.2, 0.25) is 0 Å². The van der Waals surface area contributed by atoms with E-state index in [1.165, 1.54) is 17.7 Å². The molecule has 0 radical (unpaired) electrons. The zero-order valence-corrected chi connectivity index (χ0v) is 17.3. The third kappa shape index (κ3) is 2.89. The van der Waals surface area contributed by atoms with Crippen LogP contribution in [0, 0.1) is 5.41 Å². The van der Waals surface area contributed by atoms with Crippen molar-refractivity contribution in [1.82, 2.24) is 20.3 Å². The highest BCUT2D eigenvalue weighted by Crippen LogP contribution is 2.39. The maximum atomic E-state index is 8.43. The van der Waals surface area contributed by atoms with Crippen molar-refractivity contribution in [3.05, 3.63) is 63.9 Å². The summed E-state index contributed by atoms with van der Waals surface area (Å²) in [4.78, 5) is 14.0. The number of aromatic nitrogens is 3. The Bertz CT molecular complexity index is 1290. The van der Waals surface area contributed by atoms with E-state index in [2.05, 4.69) is 38.9 Å². The van der Waals surface area contributed by atoms with Gasteiger partial charge in [0.25, 0.3) is 0 Å². The van der Waals surface area contributed by atoms with Crippen LogP contribution >= 0.6 is 11.3 Å². The Labute approximate surface area is 177 Å². The Morgan fingerprint density at radius 2 is 2.13 bits per heavy atom. The first kappa shape index (κ1) is 17.7. The highest BCUT2D eigenvalue weighted by Gasteiger charge is 2.30. The number of thiophene rings is 1. The first-order chi connectivity index (χ1) is 14.7. The van der Waals surface area contributed by atoms with Crippen molar-refractivity contribution < 1.29 is 4.74 Å². The Morgan fingerprint density at radius 3 is 2.97 bits per heavy atom. The molecule has 3 aromatic heterocycles. The molecule has 6 nitrogen and oxygen atoms in total. The lowest BCUT2D eigenvalue weighted by molar-refractivity contribution is 0.419. The Morgan fingerprint density at radius 1 is 1.23 bits per heavy atom. The molecule has 0 saturated heterocycles. The molecule has 2 aliphatic rings. The minimum absolute atomic E-state index is 0.0598. The molecule has 0 spiro atoms. The van der Waals surface area contributed by atoms with Crippen LogP contribution in [0.25, 0.3) is 22.2 Å². The van der Waals surface area contributed by atoms with E-state index in [1.54, 1.807) is 18.4 Å². The van der Waals surface area contributed by atoms with Gasteiger partial charge in [-0.3, -0.25) is 5.41 Å². The van der Waals surface area contributed by atoms with Gasteiger partial charge in [0.1, 0.15) is 17.4 Å². The average molecular weight is 416 g/mol. The molecular formula is C23H21N5OS. The number of ether oxygens (including phenoxy) is 1. The van der Waals surface area contributed by atoms with Crippen LogP contribution < -0.4 is 10.1 Å². The predicted molar refractivity (Wildman–Crippen MR) is 119 cm³/mol.